The standard InChI is InChI=1S/C32H30ClN3O2S/c1-19-15-20(2)26(16-21(19)18-39-25-13-7-22(33)8-14-25)30-27(17-34)32(35)36(23-9-11-24(38-3)12-10-23)28-5-4-6-29(37)31(28)30/h7-16,30H,4-6,18,35H2,1-3H3. The fourth-order valence-electron chi connectivity index (χ4n) is 5.50. The average molecular weight is 556 g/mol. The Balaban J connectivity index is 1.61. The van der Waals surface area contributed by atoms with E-state index in [0.29, 0.717) is 34.8 Å². The van der Waals surface area contributed by atoms with Crippen LogP contribution < -0.4 is 15.4 Å². The minimum Gasteiger partial charge on any atom is -0.497 e. The smallest absolute Gasteiger partial charge is 0.161 e. The highest BCUT2D eigenvalue weighted by Crippen LogP contribution is 2.47. The molecule has 0 spiro atoms. The Morgan fingerprint density at radius 3 is 2.46 bits per heavy atom. The minimum atomic E-state index is -0.493. The minimum absolute atomic E-state index is 0.0806. The number of rotatable bonds is 6. The molecule has 2 N–H and O–H groups in total. The molecule has 0 saturated carbocycles. The molecule has 1 unspecified atom stereocenters. The van der Waals surface area contributed by atoms with Crippen molar-refractivity contribution in [2.75, 3.05) is 12.0 Å². The first-order valence-electron chi connectivity index (χ1n) is 12.9. The Morgan fingerprint density at radius 1 is 1.08 bits per heavy atom. The van der Waals surface area contributed by atoms with Gasteiger partial charge < -0.3 is 10.5 Å². The number of nitriles is 1. The van der Waals surface area contributed by atoms with Crippen molar-refractivity contribution in [3.63, 3.8) is 0 Å². The van der Waals surface area contributed by atoms with Gasteiger partial charge in [0.05, 0.1) is 24.7 Å². The van der Waals surface area contributed by atoms with Crippen molar-refractivity contribution in [1.29, 1.82) is 5.26 Å². The lowest BCUT2D eigenvalue weighted by Gasteiger charge is -2.40. The largest absolute Gasteiger partial charge is 0.497 e. The lowest BCUT2D eigenvalue weighted by Crippen LogP contribution is -2.38. The van der Waals surface area contributed by atoms with Crippen molar-refractivity contribution >= 4 is 34.8 Å². The lowest BCUT2D eigenvalue weighted by molar-refractivity contribution is -0.116. The number of anilines is 1. The van der Waals surface area contributed by atoms with Crippen LogP contribution in [0.3, 0.4) is 0 Å². The number of carbonyl (C=O) groups is 1. The normalized spacial score (nSPS) is 17.3. The van der Waals surface area contributed by atoms with Crippen LogP contribution in [0.2, 0.25) is 5.02 Å². The summed E-state index contributed by atoms with van der Waals surface area (Å²) in [5.74, 6) is 1.44. The summed E-state index contributed by atoms with van der Waals surface area (Å²) in [7, 11) is 1.62. The molecule has 1 heterocycles. The van der Waals surface area contributed by atoms with Crippen LogP contribution in [0.25, 0.3) is 0 Å². The molecule has 1 aliphatic carbocycles. The van der Waals surface area contributed by atoms with E-state index in [9.17, 15) is 10.1 Å². The topological polar surface area (TPSA) is 79.3 Å². The van der Waals surface area contributed by atoms with Crippen molar-refractivity contribution in [3.8, 4) is 11.8 Å². The molecule has 3 aromatic rings. The molecule has 1 atom stereocenters. The van der Waals surface area contributed by atoms with Gasteiger partial charge >= 0.3 is 0 Å². The van der Waals surface area contributed by atoms with Crippen LogP contribution in [-0.4, -0.2) is 12.9 Å². The fourth-order valence-corrected chi connectivity index (χ4v) is 6.59. The van der Waals surface area contributed by atoms with Gasteiger partial charge in [-0.25, -0.2) is 0 Å². The summed E-state index contributed by atoms with van der Waals surface area (Å²) in [6.45, 7) is 4.15. The zero-order valence-corrected chi connectivity index (χ0v) is 23.8. The zero-order valence-electron chi connectivity index (χ0n) is 22.3. The van der Waals surface area contributed by atoms with Crippen LogP contribution >= 0.6 is 23.4 Å². The summed E-state index contributed by atoms with van der Waals surface area (Å²) in [5.41, 5.74) is 13.9. The number of ketones is 1. The second kappa shape index (κ2) is 11.2. The van der Waals surface area contributed by atoms with Crippen LogP contribution in [0, 0.1) is 25.2 Å². The second-order valence-electron chi connectivity index (χ2n) is 9.89. The third-order valence-corrected chi connectivity index (χ3v) is 8.80. The number of nitrogens with zero attached hydrogens (tertiary/aromatic N) is 2. The van der Waals surface area contributed by atoms with Gasteiger partial charge in [0.15, 0.2) is 5.78 Å². The maximum Gasteiger partial charge on any atom is 0.161 e. The van der Waals surface area contributed by atoms with Crippen LogP contribution in [0.4, 0.5) is 5.69 Å². The van der Waals surface area contributed by atoms with E-state index in [1.807, 2.05) is 60.4 Å². The molecule has 7 heteroatoms. The number of benzene rings is 3. The Morgan fingerprint density at radius 2 is 1.79 bits per heavy atom. The first-order valence-corrected chi connectivity index (χ1v) is 14.3. The van der Waals surface area contributed by atoms with E-state index in [4.69, 9.17) is 22.1 Å². The Kier molecular flexibility index (Phi) is 7.74. The van der Waals surface area contributed by atoms with Crippen molar-refractivity contribution in [2.24, 2.45) is 5.73 Å². The number of methoxy groups -OCH3 is 1. The van der Waals surface area contributed by atoms with Gasteiger partial charge in [0.25, 0.3) is 0 Å². The maximum absolute atomic E-state index is 13.6. The highest BCUT2D eigenvalue weighted by Gasteiger charge is 2.41. The molecule has 5 rings (SSSR count). The van der Waals surface area contributed by atoms with Crippen LogP contribution in [0.1, 0.15) is 47.4 Å². The molecule has 0 aromatic heterocycles. The number of allylic oxidation sites excluding steroid dienone is 3. The molecule has 0 saturated heterocycles. The first-order chi connectivity index (χ1) is 18.8. The molecule has 198 valence electrons. The van der Waals surface area contributed by atoms with Crippen molar-refractivity contribution < 1.29 is 9.53 Å². The molecule has 39 heavy (non-hydrogen) atoms. The summed E-state index contributed by atoms with van der Waals surface area (Å²) < 4.78 is 5.32. The van der Waals surface area contributed by atoms with Gasteiger partial charge in [0.1, 0.15) is 11.6 Å². The molecular weight excluding hydrogens is 526 g/mol. The number of hydrogen-bond donors (Lipinski definition) is 1. The molecule has 2 aliphatic rings. The summed E-state index contributed by atoms with van der Waals surface area (Å²) in [6, 6.07) is 22.1. The summed E-state index contributed by atoms with van der Waals surface area (Å²) in [6.07, 6.45) is 1.93. The Labute approximate surface area is 238 Å². The van der Waals surface area contributed by atoms with E-state index in [1.165, 1.54) is 5.56 Å². The molecule has 0 bridgehead atoms. The van der Waals surface area contributed by atoms with Crippen molar-refractivity contribution in [1.82, 2.24) is 0 Å². The van der Waals surface area contributed by atoms with Gasteiger partial charge in [0.2, 0.25) is 0 Å². The monoisotopic (exact) mass is 555 g/mol. The molecule has 0 radical (unpaired) electrons. The van der Waals surface area contributed by atoms with E-state index in [2.05, 4.69) is 25.1 Å². The average Bonchev–Trinajstić information content (AvgIpc) is 2.93. The van der Waals surface area contributed by atoms with Gasteiger partial charge in [0, 0.05) is 39.0 Å². The zero-order chi connectivity index (χ0) is 27.7. The molecule has 0 amide bonds. The predicted molar refractivity (Wildman–Crippen MR) is 158 cm³/mol. The van der Waals surface area contributed by atoms with Gasteiger partial charge in [-0.2, -0.15) is 5.26 Å². The number of Topliss-reactive ketones (excluding diaryl/α,β-unsaturated/α-hetero) is 1. The van der Waals surface area contributed by atoms with Crippen molar-refractivity contribution in [3.05, 3.63) is 111 Å². The highest BCUT2D eigenvalue weighted by molar-refractivity contribution is 7.98. The maximum atomic E-state index is 13.6. The SMILES string of the molecule is COc1ccc(N2C(N)=C(C#N)C(c3cc(CSc4ccc(Cl)cc4)c(C)cc3C)C3=C2CCCC3=O)cc1. The number of thioether (sulfide) groups is 1. The van der Waals surface area contributed by atoms with Crippen LogP contribution in [0.15, 0.2) is 88.2 Å². The number of hydrogen-bond acceptors (Lipinski definition) is 6. The number of nitrogens with two attached hydrogens (primary N) is 1. The van der Waals surface area contributed by atoms with Crippen LogP contribution in [0.5, 0.6) is 5.75 Å². The molecule has 0 fully saturated rings. The highest BCUT2D eigenvalue weighted by atomic mass is 35.5. The summed E-state index contributed by atoms with van der Waals surface area (Å²) in [4.78, 5) is 16.6. The Hall–Kier alpha value is -3.66. The number of halogens is 1. The van der Waals surface area contributed by atoms with E-state index in [0.717, 1.165) is 50.9 Å². The number of carbonyl (C=O) groups excluding carboxylic acids is 1. The van der Waals surface area contributed by atoms with Crippen molar-refractivity contribution in [2.45, 2.75) is 49.7 Å². The Bertz CT molecular complexity index is 1540. The summed E-state index contributed by atoms with van der Waals surface area (Å²) >= 11 is 7.79. The lowest BCUT2D eigenvalue weighted by atomic mass is 9.74. The predicted octanol–water partition coefficient (Wildman–Crippen LogP) is 7.56. The number of aryl methyl sites for hydroxylation is 2. The van der Waals surface area contributed by atoms with Gasteiger partial charge in [-0.05, 0) is 97.5 Å². The molecule has 5 nitrogen and oxygen atoms in total. The van der Waals surface area contributed by atoms with Gasteiger partial charge in [-0.1, -0.05) is 23.7 Å². The third-order valence-electron chi connectivity index (χ3n) is 7.49. The van der Waals surface area contributed by atoms with E-state index in [-0.39, 0.29) is 5.78 Å². The molecular formula is C32H30ClN3O2S. The van der Waals surface area contributed by atoms with Crippen LogP contribution in [-0.2, 0) is 10.5 Å². The van der Waals surface area contributed by atoms with Gasteiger partial charge in [-0.3, -0.25) is 9.69 Å². The second-order valence-corrected chi connectivity index (χ2v) is 11.4. The summed E-state index contributed by atoms with van der Waals surface area (Å²) in [5, 5.41) is 11.1. The quantitative estimate of drug-likeness (QED) is 0.316. The number of ether oxygens (including phenoxy) is 1. The van der Waals surface area contributed by atoms with E-state index < -0.39 is 5.92 Å². The van der Waals surface area contributed by atoms with E-state index >= 15 is 0 Å². The fraction of sp³-hybridized carbons (Fsp3) is 0.250. The first kappa shape index (κ1) is 26.9. The van der Waals surface area contributed by atoms with Gasteiger partial charge in [-0.15, -0.1) is 11.8 Å². The third kappa shape index (κ3) is 5.17. The molecule has 3 aromatic carbocycles. The van der Waals surface area contributed by atoms with E-state index in [1.54, 1.807) is 18.9 Å². The molecule has 1 aliphatic heterocycles.